The van der Waals surface area contributed by atoms with E-state index in [1.807, 2.05) is 13.0 Å². The first kappa shape index (κ1) is 13.9. The van der Waals surface area contributed by atoms with E-state index in [9.17, 15) is 9.90 Å². The monoisotopic (exact) mass is 302 g/mol. The van der Waals surface area contributed by atoms with Crippen molar-refractivity contribution in [1.29, 1.82) is 0 Å². The molecule has 1 fully saturated rings. The molecule has 2 N–H and O–H groups in total. The van der Waals surface area contributed by atoms with Crippen LogP contribution in [0.5, 0.6) is 11.5 Å². The maximum Gasteiger partial charge on any atom is 0.303 e. The van der Waals surface area contributed by atoms with Crippen molar-refractivity contribution in [3.63, 3.8) is 0 Å². The van der Waals surface area contributed by atoms with Crippen LogP contribution >= 0.6 is 0 Å². The number of phenols is 1. The van der Waals surface area contributed by atoms with Gasteiger partial charge in [0.25, 0.3) is 0 Å². The molecule has 0 saturated heterocycles. The van der Waals surface area contributed by atoms with E-state index in [2.05, 4.69) is 0 Å². The highest BCUT2D eigenvalue weighted by Gasteiger charge is 2.44. The third-order valence-corrected chi connectivity index (χ3v) is 5.80. The van der Waals surface area contributed by atoms with Crippen molar-refractivity contribution in [2.24, 2.45) is 0 Å². The van der Waals surface area contributed by atoms with Gasteiger partial charge < -0.3 is 14.9 Å². The Bertz CT molecular complexity index is 651. The Morgan fingerprint density at radius 1 is 1.36 bits per heavy atom. The molecule has 1 aliphatic heterocycles. The average Bonchev–Trinajstić information content (AvgIpc) is 3.08. The van der Waals surface area contributed by atoms with Gasteiger partial charge in [0.2, 0.25) is 0 Å². The van der Waals surface area contributed by atoms with E-state index in [-0.39, 0.29) is 6.42 Å². The van der Waals surface area contributed by atoms with E-state index in [1.54, 1.807) is 0 Å². The smallest absolute Gasteiger partial charge is 0.303 e. The van der Waals surface area contributed by atoms with E-state index in [0.717, 1.165) is 36.1 Å². The van der Waals surface area contributed by atoms with E-state index >= 15 is 0 Å². The number of carbonyl (C=O) groups is 1. The average molecular weight is 302 g/mol. The van der Waals surface area contributed by atoms with Gasteiger partial charge in [0.15, 0.2) is 0 Å². The van der Waals surface area contributed by atoms with Gasteiger partial charge in [-0.25, -0.2) is 0 Å². The fourth-order valence-corrected chi connectivity index (χ4v) is 4.63. The second kappa shape index (κ2) is 4.64. The van der Waals surface area contributed by atoms with Crippen molar-refractivity contribution in [3.8, 4) is 11.5 Å². The highest BCUT2D eigenvalue weighted by Crippen LogP contribution is 2.60. The normalized spacial score (nSPS) is 31.5. The SMILES string of the molecule is C[C@@]1(CCC(=O)O)CCc2cc(O)c3c(c2O1)[C@@H]1CC[C@H]3C1. The van der Waals surface area contributed by atoms with Gasteiger partial charge in [0.1, 0.15) is 17.1 Å². The maximum absolute atomic E-state index is 10.9. The van der Waals surface area contributed by atoms with Gasteiger partial charge in [-0.1, -0.05) is 0 Å². The number of aromatic hydroxyl groups is 1. The summed E-state index contributed by atoms with van der Waals surface area (Å²) in [6, 6.07) is 1.88. The molecule has 2 aliphatic carbocycles. The Morgan fingerprint density at radius 3 is 2.82 bits per heavy atom. The second-order valence-electron chi connectivity index (χ2n) is 7.36. The van der Waals surface area contributed by atoms with Crippen LogP contribution in [-0.2, 0) is 11.2 Å². The van der Waals surface area contributed by atoms with Crippen LogP contribution in [0.15, 0.2) is 6.07 Å². The molecule has 0 aromatic heterocycles. The van der Waals surface area contributed by atoms with Crippen LogP contribution in [-0.4, -0.2) is 21.8 Å². The van der Waals surface area contributed by atoms with Gasteiger partial charge in [0.05, 0.1) is 0 Å². The zero-order valence-corrected chi connectivity index (χ0v) is 12.9. The molecule has 0 spiro atoms. The molecule has 4 nitrogen and oxygen atoms in total. The van der Waals surface area contributed by atoms with E-state index in [0.29, 0.717) is 24.0 Å². The zero-order valence-electron chi connectivity index (χ0n) is 12.9. The van der Waals surface area contributed by atoms with Gasteiger partial charge in [-0.15, -0.1) is 0 Å². The van der Waals surface area contributed by atoms with Crippen LogP contribution < -0.4 is 4.74 Å². The molecule has 1 heterocycles. The number of fused-ring (bicyclic) bond motifs is 7. The first-order chi connectivity index (χ1) is 10.5. The molecule has 118 valence electrons. The van der Waals surface area contributed by atoms with Crippen LogP contribution in [0.3, 0.4) is 0 Å². The number of hydrogen-bond acceptors (Lipinski definition) is 3. The molecular weight excluding hydrogens is 280 g/mol. The Kier molecular flexibility index (Phi) is 2.94. The Morgan fingerprint density at radius 2 is 2.09 bits per heavy atom. The summed E-state index contributed by atoms with van der Waals surface area (Å²) in [5.74, 6) is 1.63. The number of phenolic OH excluding ortho intramolecular Hbond substituents is 1. The highest BCUT2D eigenvalue weighted by atomic mass is 16.5. The molecule has 22 heavy (non-hydrogen) atoms. The first-order valence-electron chi connectivity index (χ1n) is 8.26. The van der Waals surface area contributed by atoms with Gasteiger partial charge in [-0.05, 0) is 68.9 Å². The molecule has 3 atom stereocenters. The van der Waals surface area contributed by atoms with Gasteiger partial charge in [-0.2, -0.15) is 0 Å². The van der Waals surface area contributed by atoms with Crippen molar-refractivity contribution >= 4 is 5.97 Å². The molecule has 1 aromatic rings. The van der Waals surface area contributed by atoms with Gasteiger partial charge in [-0.3, -0.25) is 4.79 Å². The Balaban J connectivity index is 1.72. The summed E-state index contributed by atoms with van der Waals surface area (Å²) in [4.78, 5) is 10.9. The molecule has 0 amide bonds. The number of aliphatic carboxylic acids is 1. The van der Waals surface area contributed by atoms with Crippen LogP contribution in [0.25, 0.3) is 0 Å². The second-order valence-corrected chi connectivity index (χ2v) is 7.36. The summed E-state index contributed by atoms with van der Waals surface area (Å²) in [6.07, 6.45) is 5.81. The minimum Gasteiger partial charge on any atom is -0.508 e. The summed E-state index contributed by atoms with van der Waals surface area (Å²) in [5.41, 5.74) is 3.03. The Hall–Kier alpha value is -1.71. The maximum atomic E-state index is 10.9. The molecule has 1 saturated carbocycles. The lowest BCUT2D eigenvalue weighted by Gasteiger charge is -2.38. The molecule has 4 heteroatoms. The largest absolute Gasteiger partial charge is 0.508 e. The fourth-order valence-electron chi connectivity index (χ4n) is 4.63. The molecule has 1 aromatic carbocycles. The molecule has 0 radical (unpaired) electrons. The number of carboxylic acid groups (broad SMARTS) is 1. The van der Waals surface area contributed by atoms with Crippen molar-refractivity contribution in [2.75, 3.05) is 0 Å². The third kappa shape index (κ3) is 2.00. The molecule has 3 aliphatic rings. The quantitative estimate of drug-likeness (QED) is 0.893. The van der Waals surface area contributed by atoms with Gasteiger partial charge in [0, 0.05) is 17.5 Å². The predicted octanol–water partition coefficient (Wildman–Crippen LogP) is 3.71. The molecule has 0 unspecified atom stereocenters. The van der Waals surface area contributed by atoms with Gasteiger partial charge >= 0.3 is 5.97 Å². The topological polar surface area (TPSA) is 66.8 Å². The summed E-state index contributed by atoms with van der Waals surface area (Å²) >= 11 is 0. The van der Waals surface area contributed by atoms with E-state index in [1.165, 1.54) is 18.4 Å². The van der Waals surface area contributed by atoms with Crippen LogP contribution in [0.1, 0.15) is 74.0 Å². The van der Waals surface area contributed by atoms with Crippen LogP contribution in [0.4, 0.5) is 0 Å². The van der Waals surface area contributed by atoms with E-state index in [4.69, 9.17) is 9.84 Å². The Labute approximate surface area is 130 Å². The van der Waals surface area contributed by atoms with Crippen molar-refractivity contribution in [3.05, 3.63) is 22.8 Å². The number of aryl methyl sites for hydroxylation is 1. The summed E-state index contributed by atoms with van der Waals surface area (Å²) in [5, 5.41) is 19.3. The van der Waals surface area contributed by atoms with Crippen LogP contribution in [0, 0.1) is 0 Å². The lowest BCUT2D eigenvalue weighted by atomic mass is 9.83. The van der Waals surface area contributed by atoms with Crippen molar-refractivity contribution < 1.29 is 19.7 Å². The molecule has 4 rings (SSSR count). The number of ether oxygens (including phenoxy) is 1. The standard InChI is InChI=1S/C18H22O4/c1-18(7-5-14(20)21)6-4-12-9-13(19)15-10-2-3-11(8-10)16(15)17(12)22-18/h9-11,19H,2-8H2,1H3,(H,20,21)/t10-,11+,18-/m0/s1. The van der Waals surface area contributed by atoms with E-state index < -0.39 is 11.6 Å². The third-order valence-electron chi connectivity index (χ3n) is 5.80. The lowest BCUT2D eigenvalue weighted by molar-refractivity contribution is -0.138. The van der Waals surface area contributed by atoms with Crippen LogP contribution in [0.2, 0.25) is 0 Å². The summed E-state index contributed by atoms with van der Waals surface area (Å²) < 4.78 is 6.35. The number of benzene rings is 1. The summed E-state index contributed by atoms with van der Waals surface area (Å²) in [7, 11) is 0. The zero-order chi connectivity index (χ0) is 15.5. The molecule has 2 bridgehead atoms. The first-order valence-corrected chi connectivity index (χ1v) is 8.26. The minimum atomic E-state index is -0.773. The highest BCUT2D eigenvalue weighted by molar-refractivity contribution is 5.67. The van der Waals surface area contributed by atoms with Crippen molar-refractivity contribution in [2.45, 2.75) is 69.3 Å². The van der Waals surface area contributed by atoms with Crippen molar-refractivity contribution in [1.82, 2.24) is 0 Å². The summed E-state index contributed by atoms with van der Waals surface area (Å²) in [6.45, 7) is 2.02. The fraction of sp³-hybridized carbons (Fsp3) is 0.611. The predicted molar refractivity (Wildman–Crippen MR) is 81.7 cm³/mol. The number of rotatable bonds is 3. The number of carboxylic acids is 1. The lowest BCUT2D eigenvalue weighted by Crippen LogP contribution is -2.37. The molecular formula is C18H22O4. The number of hydrogen-bond donors (Lipinski definition) is 2. The minimum absolute atomic E-state index is 0.137.